The topological polar surface area (TPSA) is 175 Å². The zero-order valence-electron chi connectivity index (χ0n) is 32.6. The number of nitrogens with zero attached hydrogens (tertiary/aromatic N) is 4. The summed E-state index contributed by atoms with van der Waals surface area (Å²) in [6, 6.07) is 26.3. The summed E-state index contributed by atoms with van der Waals surface area (Å²) in [6.45, 7) is 0.556. The summed E-state index contributed by atoms with van der Waals surface area (Å²) in [5.41, 5.74) is 6.41. The molecule has 3 aliphatic rings. The average Bonchev–Trinajstić information content (AvgIpc) is 4.13. The SMILES string of the molecule is COC(=O)N[C@H]1CC[C@H]2CC[C@@H](c3ncc(-c4ccc(-c5ccc(-c6ccc7nc([C@@H]8CCCN8C(=O)[C@H](NC(=O)OC)c8ccccc8)[nH]c7c6)s5)cc4)[nH]3)N2C1=O. The number of amides is 4. The van der Waals surface area contributed by atoms with Crippen LogP contribution in [0.15, 0.2) is 91.1 Å². The van der Waals surface area contributed by atoms with E-state index in [0.717, 1.165) is 86.9 Å². The number of rotatable bonds is 9. The van der Waals surface area contributed by atoms with Crippen LogP contribution in [-0.2, 0) is 19.1 Å². The van der Waals surface area contributed by atoms with Crippen molar-refractivity contribution >= 4 is 46.4 Å². The molecule has 6 aromatic rings. The van der Waals surface area contributed by atoms with Gasteiger partial charge in [-0.2, -0.15) is 0 Å². The fourth-order valence-electron chi connectivity index (χ4n) is 8.81. The summed E-state index contributed by atoms with van der Waals surface area (Å²) in [5, 5.41) is 5.41. The predicted octanol–water partition coefficient (Wildman–Crippen LogP) is 7.66. The van der Waals surface area contributed by atoms with Gasteiger partial charge in [-0.05, 0) is 85.0 Å². The van der Waals surface area contributed by atoms with Crippen LogP contribution in [0, 0.1) is 0 Å². The van der Waals surface area contributed by atoms with Crippen LogP contribution < -0.4 is 10.6 Å². The number of thiophene rings is 1. The first-order valence-corrected chi connectivity index (χ1v) is 20.7. The second kappa shape index (κ2) is 16.0. The summed E-state index contributed by atoms with van der Waals surface area (Å²) in [6.07, 6.45) is 5.28. The third-order valence-corrected chi connectivity index (χ3v) is 13.0. The highest BCUT2D eigenvalue weighted by molar-refractivity contribution is 7.18. The molecule has 14 nitrogen and oxygen atoms in total. The highest BCUT2D eigenvalue weighted by Crippen LogP contribution is 2.41. The van der Waals surface area contributed by atoms with Gasteiger partial charge in [-0.3, -0.25) is 9.59 Å². The maximum Gasteiger partial charge on any atom is 0.407 e. The van der Waals surface area contributed by atoms with Gasteiger partial charge in [0.2, 0.25) is 5.91 Å². The largest absolute Gasteiger partial charge is 0.453 e. The number of hydrogen-bond donors (Lipinski definition) is 4. The standard InChI is InChI=1S/C44H44N8O6S/c1-57-43(55)49-31-18-15-29-16-19-35(52(29)41(31)53)39-45-24-33(48-39)25-10-12-26(13-11-25)36-20-21-37(59-36)28-14-17-30-32(23-28)47-40(46-30)34-9-6-22-51(34)42(54)38(50-44(56)58-2)27-7-4-3-5-8-27/h3-5,7-8,10-14,17,20-21,23-24,29,31,34-35,38H,6,9,15-16,18-19,22H2,1-2H3,(H,45,48)(H,46,47)(H,49,55)(H,50,56)/t29-,31-,34-,35-,38+/m0/s1. The first-order chi connectivity index (χ1) is 28.8. The monoisotopic (exact) mass is 812 g/mol. The molecule has 302 valence electrons. The molecule has 0 saturated carbocycles. The Hall–Kier alpha value is -6.48. The lowest BCUT2D eigenvalue weighted by molar-refractivity contribution is -0.139. The van der Waals surface area contributed by atoms with Gasteiger partial charge in [0, 0.05) is 22.3 Å². The molecular formula is C44H44N8O6S. The highest BCUT2D eigenvalue weighted by atomic mass is 32.1. The van der Waals surface area contributed by atoms with Crippen molar-refractivity contribution in [1.82, 2.24) is 40.4 Å². The number of alkyl carbamates (subject to hydrolysis) is 2. The Morgan fingerprint density at radius 1 is 0.797 bits per heavy atom. The van der Waals surface area contributed by atoms with Gasteiger partial charge in [0.1, 0.15) is 23.7 Å². The molecule has 3 fully saturated rings. The zero-order chi connectivity index (χ0) is 40.6. The number of piperidine rings is 1. The van der Waals surface area contributed by atoms with E-state index in [-0.39, 0.29) is 29.9 Å². The second-order valence-corrected chi connectivity index (χ2v) is 16.3. The molecule has 0 radical (unpaired) electrons. The minimum absolute atomic E-state index is 0.0879. The minimum atomic E-state index is -0.880. The van der Waals surface area contributed by atoms with Gasteiger partial charge in [0.15, 0.2) is 0 Å². The average molecular weight is 813 g/mol. The van der Waals surface area contributed by atoms with Crippen LogP contribution in [0.25, 0.3) is 43.2 Å². The van der Waals surface area contributed by atoms with Gasteiger partial charge in [0.05, 0.1) is 49.2 Å². The number of imidazole rings is 2. The number of H-pyrrole nitrogens is 2. The number of likely N-dealkylation sites (tertiary alicyclic amines) is 1. The van der Waals surface area contributed by atoms with Crippen LogP contribution in [0.4, 0.5) is 9.59 Å². The summed E-state index contributed by atoms with van der Waals surface area (Å²) in [5.74, 6) is 1.18. The van der Waals surface area contributed by atoms with E-state index in [9.17, 15) is 19.2 Å². The van der Waals surface area contributed by atoms with Gasteiger partial charge in [-0.15, -0.1) is 11.3 Å². The molecule has 15 heteroatoms. The maximum absolute atomic E-state index is 14.0. The molecule has 0 unspecified atom stereocenters. The molecule has 0 aliphatic carbocycles. The normalized spacial score (nSPS) is 20.7. The molecular weight excluding hydrogens is 769 g/mol. The lowest BCUT2D eigenvalue weighted by atomic mass is 9.98. The second-order valence-electron chi connectivity index (χ2n) is 15.2. The van der Waals surface area contributed by atoms with Crippen molar-refractivity contribution in [2.45, 2.75) is 68.7 Å². The van der Waals surface area contributed by atoms with Crippen LogP contribution in [0.2, 0.25) is 0 Å². The number of carbonyl (C=O) groups is 4. The number of fused-ring (bicyclic) bond motifs is 2. The quantitative estimate of drug-likeness (QED) is 0.115. The van der Waals surface area contributed by atoms with Gasteiger partial charge >= 0.3 is 12.2 Å². The molecule has 9 rings (SSSR count). The molecule has 6 heterocycles. The Morgan fingerprint density at radius 2 is 1.53 bits per heavy atom. The molecule has 5 atom stereocenters. The molecule has 4 N–H and O–H groups in total. The van der Waals surface area contributed by atoms with E-state index in [0.29, 0.717) is 18.5 Å². The van der Waals surface area contributed by atoms with Crippen LogP contribution in [0.3, 0.4) is 0 Å². The number of aromatic nitrogens is 4. The first-order valence-electron chi connectivity index (χ1n) is 19.9. The van der Waals surface area contributed by atoms with Crippen LogP contribution in [0.1, 0.15) is 73.9 Å². The zero-order valence-corrected chi connectivity index (χ0v) is 33.5. The Morgan fingerprint density at radius 3 is 2.31 bits per heavy atom. The van der Waals surface area contributed by atoms with Gasteiger partial charge < -0.3 is 39.9 Å². The smallest absolute Gasteiger partial charge is 0.407 e. The summed E-state index contributed by atoms with van der Waals surface area (Å²) >= 11 is 1.71. The number of carbonyl (C=O) groups excluding carboxylic acids is 4. The Bertz CT molecular complexity index is 2510. The lowest BCUT2D eigenvalue weighted by Gasteiger charge is -2.37. The van der Waals surface area contributed by atoms with Crippen molar-refractivity contribution in [3.63, 3.8) is 0 Å². The van der Waals surface area contributed by atoms with Crippen molar-refractivity contribution in [2.75, 3.05) is 20.8 Å². The molecule has 0 bridgehead atoms. The maximum atomic E-state index is 14.0. The molecule has 3 aromatic carbocycles. The van der Waals surface area contributed by atoms with E-state index in [1.54, 1.807) is 16.2 Å². The number of ether oxygens (including phenoxy) is 2. The van der Waals surface area contributed by atoms with Crippen LogP contribution >= 0.6 is 11.3 Å². The highest BCUT2D eigenvalue weighted by Gasteiger charge is 2.45. The fourth-order valence-corrected chi connectivity index (χ4v) is 9.82. The van der Waals surface area contributed by atoms with Crippen LogP contribution in [0.5, 0.6) is 0 Å². The lowest BCUT2D eigenvalue weighted by Crippen LogP contribution is -2.54. The van der Waals surface area contributed by atoms with Crippen molar-refractivity contribution in [2.24, 2.45) is 0 Å². The summed E-state index contributed by atoms with van der Waals surface area (Å²) in [7, 11) is 2.58. The minimum Gasteiger partial charge on any atom is -0.453 e. The van der Waals surface area contributed by atoms with E-state index in [1.807, 2.05) is 47.5 Å². The van der Waals surface area contributed by atoms with Crippen molar-refractivity contribution in [3.05, 3.63) is 108 Å². The number of benzene rings is 3. The van der Waals surface area contributed by atoms with Crippen LogP contribution in [-0.4, -0.2) is 86.6 Å². The number of hydrogen-bond acceptors (Lipinski definition) is 9. The predicted molar refractivity (Wildman–Crippen MR) is 222 cm³/mol. The first kappa shape index (κ1) is 38.1. The molecule has 3 saturated heterocycles. The number of nitrogens with one attached hydrogen (secondary N) is 4. The van der Waals surface area contributed by atoms with E-state index in [2.05, 4.69) is 69.1 Å². The third-order valence-electron chi connectivity index (χ3n) is 11.8. The van der Waals surface area contributed by atoms with Crippen molar-refractivity contribution < 1.29 is 28.7 Å². The van der Waals surface area contributed by atoms with Gasteiger partial charge in [0.25, 0.3) is 5.91 Å². The van der Waals surface area contributed by atoms with E-state index in [4.69, 9.17) is 19.4 Å². The van der Waals surface area contributed by atoms with Gasteiger partial charge in [-0.25, -0.2) is 19.6 Å². The van der Waals surface area contributed by atoms with E-state index >= 15 is 0 Å². The van der Waals surface area contributed by atoms with Crippen molar-refractivity contribution in [3.8, 4) is 32.1 Å². The molecule has 3 aromatic heterocycles. The van der Waals surface area contributed by atoms with Crippen molar-refractivity contribution in [1.29, 1.82) is 0 Å². The number of methoxy groups -OCH3 is 2. The van der Waals surface area contributed by atoms with Gasteiger partial charge in [-0.1, -0.05) is 60.7 Å². The summed E-state index contributed by atoms with van der Waals surface area (Å²) < 4.78 is 9.58. The molecule has 4 amide bonds. The summed E-state index contributed by atoms with van der Waals surface area (Å²) in [4.78, 5) is 74.0. The molecule has 59 heavy (non-hydrogen) atoms. The fraction of sp³-hybridized carbons (Fsp3) is 0.318. The van der Waals surface area contributed by atoms with E-state index < -0.39 is 24.3 Å². The van der Waals surface area contributed by atoms with E-state index in [1.165, 1.54) is 14.2 Å². The Kier molecular flexibility index (Phi) is 10.4. The molecule has 0 spiro atoms. The Labute approximate surface area is 344 Å². The Balaban J connectivity index is 0.883. The third kappa shape index (κ3) is 7.42. The molecule has 3 aliphatic heterocycles. The number of aromatic amines is 2.